The van der Waals surface area contributed by atoms with Crippen LogP contribution in [0.25, 0.3) is 0 Å². The van der Waals surface area contributed by atoms with E-state index in [0.717, 1.165) is 18.9 Å². The second-order valence-electron chi connectivity index (χ2n) is 4.99. The summed E-state index contributed by atoms with van der Waals surface area (Å²) >= 11 is 2.94. The zero-order valence-corrected chi connectivity index (χ0v) is 14.0. The van der Waals surface area contributed by atoms with Crippen molar-refractivity contribution in [3.63, 3.8) is 0 Å². The quantitative estimate of drug-likeness (QED) is 0.808. The van der Waals surface area contributed by atoms with Crippen molar-refractivity contribution in [3.05, 3.63) is 16.5 Å². The normalized spacial score (nSPS) is 18.1. The smallest absolute Gasteiger partial charge is 0.287 e. The number of furan rings is 1. The monoisotopic (exact) mass is 383 g/mol. The average molecular weight is 385 g/mol. The molecule has 2 rings (SSSR count). The summed E-state index contributed by atoms with van der Waals surface area (Å²) in [4.78, 5) is 11.8. The van der Waals surface area contributed by atoms with Crippen molar-refractivity contribution >= 4 is 41.6 Å². The minimum absolute atomic E-state index is 0.0323. The van der Waals surface area contributed by atoms with Crippen LogP contribution in [0, 0.1) is 5.92 Å². The molecule has 0 radical (unpaired) electrons. The second-order valence-corrected chi connectivity index (χ2v) is 8.25. The summed E-state index contributed by atoms with van der Waals surface area (Å²) < 4.78 is 27.6. The topological polar surface area (TPSA) is 76.4 Å². The van der Waals surface area contributed by atoms with Crippen LogP contribution in [0.5, 0.6) is 0 Å². The fourth-order valence-corrected chi connectivity index (χ4v) is 4.52. The summed E-state index contributed by atoms with van der Waals surface area (Å²) in [6.45, 7) is 1.95. The van der Waals surface area contributed by atoms with Crippen LogP contribution in [-0.2, 0) is 9.05 Å². The highest BCUT2D eigenvalue weighted by Gasteiger charge is 2.26. The van der Waals surface area contributed by atoms with Gasteiger partial charge < -0.3 is 9.73 Å². The van der Waals surface area contributed by atoms with E-state index in [1.165, 1.54) is 12.8 Å². The maximum absolute atomic E-state index is 12.0. The zero-order chi connectivity index (χ0) is 14.9. The molecule has 0 saturated heterocycles. The van der Waals surface area contributed by atoms with Crippen LogP contribution in [0.4, 0.5) is 0 Å². The first kappa shape index (κ1) is 15.9. The average Bonchev–Trinajstić information content (AvgIpc) is 2.95. The minimum atomic E-state index is -3.94. The van der Waals surface area contributed by atoms with Gasteiger partial charge >= 0.3 is 0 Å². The maximum Gasteiger partial charge on any atom is 0.287 e. The lowest BCUT2D eigenvalue weighted by Crippen LogP contribution is -2.37. The zero-order valence-electron chi connectivity index (χ0n) is 10.9. The molecule has 0 bridgehead atoms. The summed E-state index contributed by atoms with van der Waals surface area (Å²) in [5.41, 5.74) is 0. The van der Waals surface area contributed by atoms with E-state index in [9.17, 15) is 13.2 Å². The summed E-state index contributed by atoms with van der Waals surface area (Å²) in [6.07, 6.45) is 4.58. The Kier molecular flexibility index (Phi) is 4.81. The first-order chi connectivity index (χ1) is 9.29. The minimum Gasteiger partial charge on any atom is -0.443 e. The number of nitrogens with one attached hydrogen (secondary N) is 1. The molecule has 8 heteroatoms. The maximum atomic E-state index is 12.0. The first-order valence-corrected chi connectivity index (χ1v) is 9.44. The van der Waals surface area contributed by atoms with Gasteiger partial charge in [-0.3, -0.25) is 4.79 Å². The third kappa shape index (κ3) is 3.56. The van der Waals surface area contributed by atoms with Crippen LogP contribution < -0.4 is 5.32 Å². The molecule has 1 atom stereocenters. The Labute approximate surface area is 130 Å². The van der Waals surface area contributed by atoms with Crippen molar-refractivity contribution in [3.8, 4) is 0 Å². The van der Waals surface area contributed by atoms with Gasteiger partial charge in [-0.05, 0) is 41.6 Å². The van der Waals surface area contributed by atoms with Crippen molar-refractivity contribution in [2.24, 2.45) is 5.92 Å². The largest absolute Gasteiger partial charge is 0.443 e. The molecule has 20 heavy (non-hydrogen) atoms. The number of hydrogen-bond donors (Lipinski definition) is 1. The van der Waals surface area contributed by atoms with E-state index in [1.807, 2.05) is 6.92 Å². The highest BCUT2D eigenvalue weighted by atomic mass is 79.9. The lowest BCUT2D eigenvalue weighted by atomic mass is 10.00. The van der Waals surface area contributed by atoms with Crippen molar-refractivity contribution in [2.45, 2.75) is 43.5 Å². The van der Waals surface area contributed by atoms with Gasteiger partial charge in [0, 0.05) is 22.8 Å². The number of carbonyl (C=O) groups is 1. The van der Waals surface area contributed by atoms with Gasteiger partial charge in [-0.25, -0.2) is 8.42 Å². The molecule has 1 aromatic heterocycles. The van der Waals surface area contributed by atoms with Gasteiger partial charge in [-0.2, -0.15) is 0 Å². The van der Waals surface area contributed by atoms with Gasteiger partial charge in [0.05, 0.1) is 0 Å². The molecular weight excluding hydrogens is 370 g/mol. The lowest BCUT2D eigenvalue weighted by Gasteiger charge is -2.19. The van der Waals surface area contributed by atoms with Crippen LogP contribution in [0.2, 0.25) is 0 Å². The van der Waals surface area contributed by atoms with Gasteiger partial charge in [0.1, 0.15) is 4.90 Å². The van der Waals surface area contributed by atoms with Crippen molar-refractivity contribution in [1.29, 1.82) is 0 Å². The summed E-state index contributed by atoms with van der Waals surface area (Å²) in [7, 11) is 1.30. The molecule has 0 aliphatic heterocycles. The number of hydrogen-bond acceptors (Lipinski definition) is 4. The first-order valence-electron chi connectivity index (χ1n) is 6.34. The Hall–Kier alpha value is -0.530. The molecule has 1 unspecified atom stereocenters. The predicted molar refractivity (Wildman–Crippen MR) is 78.3 cm³/mol. The standard InChI is InChI=1S/C12H15BrClNO4S/c1-7(8-4-2-3-5-8)15-12(16)9-6-10(11(13)19-9)20(14,17)18/h6-8H,2-5H2,1H3,(H,15,16). The van der Waals surface area contributed by atoms with E-state index in [4.69, 9.17) is 15.1 Å². The number of rotatable bonds is 4. The number of amides is 1. The van der Waals surface area contributed by atoms with Crippen LogP contribution in [-0.4, -0.2) is 20.4 Å². The summed E-state index contributed by atoms with van der Waals surface area (Å²) in [5, 5.41) is 2.84. The third-order valence-electron chi connectivity index (χ3n) is 3.61. The highest BCUT2D eigenvalue weighted by Crippen LogP contribution is 2.30. The second kappa shape index (κ2) is 6.07. The molecule has 1 aliphatic carbocycles. The van der Waals surface area contributed by atoms with Gasteiger partial charge in [-0.1, -0.05) is 12.8 Å². The van der Waals surface area contributed by atoms with E-state index in [-0.39, 0.29) is 21.4 Å². The van der Waals surface area contributed by atoms with E-state index < -0.39 is 15.0 Å². The molecule has 0 aromatic carbocycles. The van der Waals surface area contributed by atoms with E-state index in [1.54, 1.807) is 0 Å². The van der Waals surface area contributed by atoms with Gasteiger partial charge in [0.2, 0.25) is 0 Å². The van der Waals surface area contributed by atoms with Crippen molar-refractivity contribution < 1.29 is 17.6 Å². The molecular formula is C12H15BrClNO4S. The molecule has 5 nitrogen and oxygen atoms in total. The fraction of sp³-hybridized carbons (Fsp3) is 0.583. The molecule has 1 amide bonds. The van der Waals surface area contributed by atoms with Crippen LogP contribution >= 0.6 is 26.6 Å². The fourth-order valence-electron chi connectivity index (χ4n) is 2.48. The molecule has 1 heterocycles. The molecule has 1 fully saturated rings. The molecule has 1 saturated carbocycles. The van der Waals surface area contributed by atoms with E-state index in [0.29, 0.717) is 5.92 Å². The van der Waals surface area contributed by atoms with Gasteiger partial charge in [0.25, 0.3) is 15.0 Å². The lowest BCUT2D eigenvalue weighted by molar-refractivity contribution is 0.0897. The Morgan fingerprint density at radius 2 is 2.10 bits per heavy atom. The molecule has 1 aliphatic rings. The molecule has 1 N–H and O–H groups in total. The van der Waals surface area contributed by atoms with E-state index in [2.05, 4.69) is 21.2 Å². The number of carbonyl (C=O) groups excluding carboxylic acids is 1. The summed E-state index contributed by atoms with van der Waals surface area (Å²) in [5.74, 6) is -0.0359. The van der Waals surface area contributed by atoms with Crippen molar-refractivity contribution in [2.75, 3.05) is 0 Å². The van der Waals surface area contributed by atoms with Crippen LogP contribution in [0.15, 0.2) is 20.0 Å². The molecule has 0 spiro atoms. The molecule has 1 aromatic rings. The van der Waals surface area contributed by atoms with E-state index >= 15 is 0 Å². The Bertz CT molecular complexity index is 607. The van der Waals surface area contributed by atoms with Crippen LogP contribution in [0.3, 0.4) is 0 Å². The summed E-state index contributed by atoms with van der Waals surface area (Å²) in [6, 6.07) is 1.16. The predicted octanol–water partition coefficient (Wildman–Crippen LogP) is 3.28. The Morgan fingerprint density at radius 1 is 1.50 bits per heavy atom. The van der Waals surface area contributed by atoms with Crippen molar-refractivity contribution in [1.82, 2.24) is 5.32 Å². The highest BCUT2D eigenvalue weighted by molar-refractivity contribution is 9.10. The Morgan fingerprint density at radius 3 is 2.60 bits per heavy atom. The Balaban J connectivity index is 2.10. The SMILES string of the molecule is CC(NC(=O)c1cc(S(=O)(=O)Cl)c(Br)o1)C1CCCC1. The molecule has 112 valence electrons. The number of halogens is 2. The van der Waals surface area contributed by atoms with Gasteiger partial charge in [0.15, 0.2) is 10.4 Å². The van der Waals surface area contributed by atoms with Crippen LogP contribution in [0.1, 0.15) is 43.2 Å². The van der Waals surface area contributed by atoms with Gasteiger partial charge in [-0.15, -0.1) is 0 Å². The third-order valence-corrected chi connectivity index (χ3v) is 5.79.